The number of nitrogens with two attached hydrogens (primary N) is 1. The number of aromatic nitrogens is 2. The molecule has 0 saturated heterocycles. The van der Waals surface area contributed by atoms with Gasteiger partial charge in [0.1, 0.15) is 5.82 Å². The quantitative estimate of drug-likeness (QED) is 0.651. The molecule has 0 radical (unpaired) electrons. The molecule has 8 heteroatoms. The number of halogens is 1. The van der Waals surface area contributed by atoms with Crippen LogP contribution in [0.2, 0.25) is 0 Å². The van der Waals surface area contributed by atoms with Crippen LogP contribution >= 0.6 is 0 Å². The molecule has 0 bridgehead atoms. The maximum Gasteiger partial charge on any atom is 0.272 e. The summed E-state index contributed by atoms with van der Waals surface area (Å²) in [6.45, 7) is 0.496. The smallest absolute Gasteiger partial charge is 0.272 e. The lowest BCUT2D eigenvalue weighted by atomic mass is 10.2. The number of nitrogens with zero attached hydrogens (tertiary/aromatic N) is 3. The van der Waals surface area contributed by atoms with E-state index in [4.69, 9.17) is 10.3 Å². The van der Waals surface area contributed by atoms with Gasteiger partial charge in [-0.05, 0) is 19.0 Å². The fourth-order valence-electron chi connectivity index (χ4n) is 1.52. The highest BCUT2D eigenvalue weighted by atomic mass is 19.1. The molecule has 2 aromatic rings. The van der Waals surface area contributed by atoms with Crippen LogP contribution in [0.15, 0.2) is 22.7 Å². The van der Waals surface area contributed by atoms with E-state index in [0.717, 1.165) is 6.07 Å². The summed E-state index contributed by atoms with van der Waals surface area (Å²) in [6, 6.07) is 3.24. The first-order valence-electron chi connectivity index (χ1n) is 5.59. The van der Waals surface area contributed by atoms with Crippen molar-refractivity contribution < 1.29 is 13.8 Å². The van der Waals surface area contributed by atoms with Crippen LogP contribution in [0.1, 0.15) is 12.2 Å². The van der Waals surface area contributed by atoms with Gasteiger partial charge in [-0.1, -0.05) is 5.16 Å². The SMILES string of the molecule is NCCCc1noc(-c2ccc([N+](=O)[O-])cc2F)n1. The second-order valence-corrected chi connectivity index (χ2v) is 3.83. The Balaban J connectivity index is 2.26. The minimum Gasteiger partial charge on any atom is -0.334 e. The standard InChI is InChI=1S/C11H11FN4O3/c12-9-6-7(16(17)18)3-4-8(9)11-14-10(15-19-11)2-1-5-13/h3-4,6H,1-2,5,13H2. The molecule has 1 heterocycles. The molecule has 0 aliphatic heterocycles. The number of non-ortho nitro benzene ring substituents is 1. The zero-order valence-corrected chi connectivity index (χ0v) is 9.88. The molecule has 0 atom stereocenters. The van der Waals surface area contributed by atoms with Crippen LogP contribution in [0.25, 0.3) is 11.5 Å². The topological polar surface area (TPSA) is 108 Å². The van der Waals surface area contributed by atoms with Gasteiger partial charge in [-0.2, -0.15) is 4.98 Å². The molecule has 100 valence electrons. The third-order valence-corrected chi connectivity index (χ3v) is 2.47. The summed E-state index contributed by atoms with van der Waals surface area (Å²) in [5.74, 6) is -0.346. The number of nitro benzene ring substituents is 1. The van der Waals surface area contributed by atoms with E-state index in [-0.39, 0.29) is 17.1 Å². The molecule has 1 aromatic heterocycles. The van der Waals surface area contributed by atoms with Crippen molar-refractivity contribution in [1.29, 1.82) is 0 Å². The first kappa shape index (κ1) is 13.1. The minimum absolute atomic E-state index is 0.000538. The van der Waals surface area contributed by atoms with Crippen LogP contribution in [-0.4, -0.2) is 21.6 Å². The van der Waals surface area contributed by atoms with Gasteiger partial charge in [0.25, 0.3) is 11.6 Å². The van der Waals surface area contributed by atoms with E-state index >= 15 is 0 Å². The van der Waals surface area contributed by atoms with Crippen LogP contribution in [0, 0.1) is 15.9 Å². The van der Waals surface area contributed by atoms with Crippen molar-refractivity contribution >= 4 is 5.69 Å². The molecule has 0 saturated carbocycles. The van der Waals surface area contributed by atoms with Gasteiger partial charge in [0, 0.05) is 12.5 Å². The third-order valence-electron chi connectivity index (χ3n) is 2.47. The normalized spacial score (nSPS) is 10.6. The van der Waals surface area contributed by atoms with E-state index in [1.165, 1.54) is 12.1 Å². The van der Waals surface area contributed by atoms with E-state index < -0.39 is 10.7 Å². The highest BCUT2D eigenvalue weighted by molar-refractivity contribution is 5.56. The van der Waals surface area contributed by atoms with E-state index in [0.29, 0.717) is 25.2 Å². The molecule has 0 amide bonds. The summed E-state index contributed by atoms with van der Waals surface area (Å²) in [4.78, 5) is 13.8. The average Bonchev–Trinajstić information content (AvgIpc) is 2.84. The minimum atomic E-state index is -0.775. The van der Waals surface area contributed by atoms with Gasteiger partial charge >= 0.3 is 0 Å². The Morgan fingerprint density at radius 2 is 2.26 bits per heavy atom. The monoisotopic (exact) mass is 266 g/mol. The Hall–Kier alpha value is -2.35. The molecule has 19 heavy (non-hydrogen) atoms. The molecule has 0 unspecified atom stereocenters. The molecular formula is C11H11FN4O3. The largest absolute Gasteiger partial charge is 0.334 e. The summed E-state index contributed by atoms with van der Waals surface area (Å²) < 4.78 is 18.6. The molecule has 2 N–H and O–H groups in total. The maximum atomic E-state index is 13.7. The Labute approximate surface area is 107 Å². The Bertz CT molecular complexity index is 599. The fraction of sp³-hybridized carbons (Fsp3) is 0.273. The summed E-state index contributed by atoms with van der Waals surface area (Å²) in [6.07, 6.45) is 1.23. The first-order chi connectivity index (χ1) is 9.11. The molecule has 0 aliphatic carbocycles. The van der Waals surface area contributed by atoms with Gasteiger partial charge in [0.15, 0.2) is 5.82 Å². The van der Waals surface area contributed by atoms with Crippen LogP contribution in [0.4, 0.5) is 10.1 Å². The predicted molar refractivity (Wildman–Crippen MR) is 63.7 cm³/mol. The Morgan fingerprint density at radius 3 is 2.89 bits per heavy atom. The van der Waals surface area contributed by atoms with Crippen LogP contribution in [0.5, 0.6) is 0 Å². The summed E-state index contributed by atoms with van der Waals surface area (Å²) in [5, 5.41) is 14.2. The van der Waals surface area contributed by atoms with Crippen molar-refractivity contribution in [1.82, 2.24) is 10.1 Å². The average molecular weight is 266 g/mol. The summed E-state index contributed by atoms with van der Waals surface area (Å²) >= 11 is 0. The second kappa shape index (κ2) is 5.53. The van der Waals surface area contributed by atoms with Crippen molar-refractivity contribution in [3.63, 3.8) is 0 Å². The van der Waals surface area contributed by atoms with Crippen molar-refractivity contribution in [2.45, 2.75) is 12.8 Å². The fourth-order valence-corrected chi connectivity index (χ4v) is 1.52. The number of aryl methyl sites for hydroxylation is 1. The molecule has 2 rings (SSSR count). The highest BCUT2D eigenvalue weighted by Crippen LogP contribution is 2.24. The van der Waals surface area contributed by atoms with Gasteiger partial charge in [0.2, 0.25) is 0 Å². The Kier molecular flexibility index (Phi) is 3.81. The van der Waals surface area contributed by atoms with Gasteiger partial charge in [-0.3, -0.25) is 10.1 Å². The number of nitro groups is 1. The summed E-state index contributed by atoms with van der Waals surface area (Å²) in [7, 11) is 0. The zero-order valence-electron chi connectivity index (χ0n) is 9.88. The van der Waals surface area contributed by atoms with E-state index in [9.17, 15) is 14.5 Å². The maximum absolute atomic E-state index is 13.7. The van der Waals surface area contributed by atoms with Crippen molar-refractivity contribution in [3.8, 4) is 11.5 Å². The van der Waals surface area contributed by atoms with E-state index in [1.807, 2.05) is 0 Å². The van der Waals surface area contributed by atoms with Gasteiger partial charge in [-0.15, -0.1) is 0 Å². The number of benzene rings is 1. The zero-order chi connectivity index (χ0) is 13.8. The lowest BCUT2D eigenvalue weighted by Crippen LogP contribution is -2.01. The van der Waals surface area contributed by atoms with Crippen LogP contribution in [0.3, 0.4) is 0 Å². The second-order valence-electron chi connectivity index (χ2n) is 3.83. The van der Waals surface area contributed by atoms with Crippen LogP contribution < -0.4 is 5.73 Å². The van der Waals surface area contributed by atoms with Gasteiger partial charge in [-0.25, -0.2) is 4.39 Å². The molecular weight excluding hydrogens is 255 g/mol. The van der Waals surface area contributed by atoms with Crippen LogP contribution in [-0.2, 0) is 6.42 Å². The highest BCUT2D eigenvalue weighted by Gasteiger charge is 2.16. The first-order valence-corrected chi connectivity index (χ1v) is 5.59. The van der Waals surface area contributed by atoms with Crippen molar-refractivity contribution in [3.05, 3.63) is 40.0 Å². The molecule has 1 aromatic carbocycles. The predicted octanol–water partition coefficient (Wildman–Crippen LogP) is 1.68. The number of rotatable bonds is 5. The molecule has 0 fully saturated rings. The lowest BCUT2D eigenvalue weighted by Gasteiger charge is -1.96. The van der Waals surface area contributed by atoms with Crippen molar-refractivity contribution in [2.75, 3.05) is 6.54 Å². The number of hydrogen-bond donors (Lipinski definition) is 1. The van der Waals surface area contributed by atoms with Gasteiger partial charge in [0.05, 0.1) is 16.6 Å². The molecule has 0 aliphatic rings. The Morgan fingerprint density at radius 1 is 1.47 bits per heavy atom. The molecule has 7 nitrogen and oxygen atoms in total. The van der Waals surface area contributed by atoms with E-state index in [2.05, 4.69) is 10.1 Å². The van der Waals surface area contributed by atoms with E-state index in [1.54, 1.807) is 0 Å². The lowest BCUT2D eigenvalue weighted by molar-refractivity contribution is -0.385. The molecule has 0 spiro atoms. The summed E-state index contributed by atoms with van der Waals surface area (Å²) in [5.41, 5.74) is 5.06. The number of hydrogen-bond acceptors (Lipinski definition) is 6. The van der Waals surface area contributed by atoms with Gasteiger partial charge < -0.3 is 10.3 Å². The van der Waals surface area contributed by atoms with Crippen molar-refractivity contribution in [2.24, 2.45) is 5.73 Å². The third kappa shape index (κ3) is 2.91.